The van der Waals surface area contributed by atoms with Gasteiger partial charge in [0.1, 0.15) is 5.60 Å². The highest BCUT2D eigenvalue weighted by Crippen LogP contribution is 2.51. The maximum absolute atomic E-state index is 13.2. The molecule has 10 heteroatoms. The number of benzene rings is 1. The number of nitrogens with two attached hydrogens (primary N) is 1. The number of nitrogens with one attached hydrogen (secondary N) is 1. The highest BCUT2D eigenvalue weighted by Gasteiger charge is 2.70. The minimum Gasteiger partial charge on any atom is -0.444 e. The van der Waals surface area contributed by atoms with Crippen LogP contribution >= 0.6 is 0 Å². The zero-order chi connectivity index (χ0) is 19.7. The Kier molecular flexibility index (Phi) is 5.68. The quantitative estimate of drug-likeness (QED) is 0.775. The molecular formula is C15H18F6N2O2. The Morgan fingerprint density at radius 2 is 1.44 bits per heavy atom. The van der Waals surface area contributed by atoms with Crippen LogP contribution in [0.3, 0.4) is 0 Å². The van der Waals surface area contributed by atoms with Crippen LogP contribution in [0.4, 0.5) is 36.8 Å². The van der Waals surface area contributed by atoms with Gasteiger partial charge in [-0.15, -0.1) is 0 Å². The van der Waals surface area contributed by atoms with E-state index in [4.69, 9.17) is 10.5 Å². The number of hydrogen-bond acceptors (Lipinski definition) is 3. The van der Waals surface area contributed by atoms with Gasteiger partial charge in [0.2, 0.25) is 0 Å². The standard InChI is InChI=1S/C15H18F6N2O2/c1-12(2,3)25-11(24)23-10-6-4-9(5-7-10)13(8-22,14(16,17)18)15(19,20)21/h4-7H,8,22H2,1-3H3,(H,23,24). The second-order valence-electron chi connectivity index (χ2n) is 6.31. The van der Waals surface area contributed by atoms with Crippen LogP contribution in [0.25, 0.3) is 0 Å². The molecule has 1 rings (SSSR count). The van der Waals surface area contributed by atoms with Gasteiger partial charge in [-0.05, 0) is 38.5 Å². The fourth-order valence-electron chi connectivity index (χ4n) is 2.10. The fraction of sp³-hybridized carbons (Fsp3) is 0.533. The van der Waals surface area contributed by atoms with E-state index < -0.39 is 41.6 Å². The van der Waals surface area contributed by atoms with Gasteiger partial charge in [0.25, 0.3) is 0 Å². The smallest absolute Gasteiger partial charge is 0.412 e. The molecule has 0 saturated carbocycles. The number of amides is 1. The largest absolute Gasteiger partial charge is 0.444 e. The third-order valence-electron chi connectivity index (χ3n) is 3.30. The summed E-state index contributed by atoms with van der Waals surface area (Å²) in [4.78, 5) is 11.6. The second-order valence-corrected chi connectivity index (χ2v) is 6.31. The average molecular weight is 372 g/mol. The highest BCUT2D eigenvalue weighted by atomic mass is 19.4. The molecule has 1 aromatic rings. The predicted octanol–water partition coefficient (Wildman–Crippen LogP) is 4.35. The first-order chi connectivity index (χ1) is 11.1. The SMILES string of the molecule is CC(C)(C)OC(=O)Nc1ccc(C(CN)(C(F)(F)F)C(F)(F)F)cc1. The van der Waals surface area contributed by atoms with E-state index in [1.54, 1.807) is 20.8 Å². The van der Waals surface area contributed by atoms with E-state index in [-0.39, 0.29) is 5.69 Å². The third kappa shape index (κ3) is 4.56. The van der Waals surface area contributed by atoms with Gasteiger partial charge in [-0.1, -0.05) is 12.1 Å². The summed E-state index contributed by atoms with van der Waals surface area (Å²) in [6, 6.07) is 3.09. The third-order valence-corrected chi connectivity index (χ3v) is 3.30. The molecule has 142 valence electrons. The maximum atomic E-state index is 13.2. The van der Waals surface area contributed by atoms with Crippen molar-refractivity contribution in [2.24, 2.45) is 5.73 Å². The molecule has 0 atom stereocenters. The normalized spacial score (nSPS) is 13.5. The highest BCUT2D eigenvalue weighted by molar-refractivity contribution is 5.84. The number of ether oxygens (including phenoxy) is 1. The summed E-state index contributed by atoms with van der Waals surface area (Å²) < 4.78 is 83.9. The summed E-state index contributed by atoms with van der Waals surface area (Å²) in [5, 5.41) is 2.22. The van der Waals surface area contributed by atoms with E-state index in [1.807, 2.05) is 0 Å². The van der Waals surface area contributed by atoms with E-state index in [2.05, 4.69) is 5.32 Å². The Hall–Kier alpha value is -1.97. The van der Waals surface area contributed by atoms with Gasteiger partial charge in [-0.2, -0.15) is 26.3 Å². The van der Waals surface area contributed by atoms with Crippen LogP contribution in [-0.2, 0) is 10.2 Å². The van der Waals surface area contributed by atoms with Crippen LogP contribution in [0.15, 0.2) is 24.3 Å². The van der Waals surface area contributed by atoms with Crippen molar-refractivity contribution < 1.29 is 35.9 Å². The van der Waals surface area contributed by atoms with Crippen molar-refractivity contribution in [3.8, 4) is 0 Å². The first kappa shape index (κ1) is 21.1. The van der Waals surface area contributed by atoms with E-state index in [9.17, 15) is 31.1 Å². The molecule has 4 nitrogen and oxygen atoms in total. The summed E-state index contributed by atoms with van der Waals surface area (Å²) in [7, 11) is 0. The summed E-state index contributed by atoms with van der Waals surface area (Å²) in [5.74, 6) is 0. The van der Waals surface area contributed by atoms with E-state index >= 15 is 0 Å². The number of anilines is 1. The maximum Gasteiger partial charge on any atom is 0.412 e. The van der Waals surface area contributed by atoms with E-state index in [0.29, 0.717) is 12.1 Å². The summed E-state index contributed by atoms with van der Waals surface area (Å²) >= 11 is 0. The minimum absolute atomic E-state index is 0.0201. The molecule has 0 bridgehead atoms. The molecule has 0 unspecified atom stereocenters. The van der Waals surface area contributed by atoms with Crippen molar-refractivity contribution in [1.29, 1.82) is 0 Å². The molecule has 0 heterocycles. The van der Waals surface area contributed by atoms with Crippen LogP contribution in [0.1, 0.15) is 26.3 Å². The van der Waals surface area contributed by atoms with Gasteiger partial charge in [-0.3, -0.25) is 5.32 Å². The van der Waals surface area contributed by atoms with Crippen LogP contribution < -0.4 is 11.1 Å². The Morgan fingerprint density at radius 3 is 1.76 bits per heavy atom. The van der Waals surface area contributed by atoms with Crippen molar-refractivity contribution in [2.75, 3.05) is 11.9 Å². The lowest BCUT2D eigenvalue weighted by molar-refractivity contribution is -0.299. The Morgan fingerprint density at radius 1 is 1.00 bits per heavy atom. The number of carbonyl (C=O) groups is 1. The lowest BCUT2D eigenvalue weighted by Gasteiger charge is -2.36. The van der Waals surface area contributed by atoms with Gasteiger partial charge in [0, 0.05) is 12.2 Å². The summed E-state index contributed by atoms with van der Waals surface area (Å²) in [6.07, 6.45) is -12.2. The van der Waals surface area contributed by atoms with E-state index in [1.165, 1.54) is 0 Å². The number of hydrogen-bond donors (Lipinski definition) is 2. The van der Waals surface area contributed by atoms with Crippen LogP contribution in [0.2, 0.25) is 0 Å². The molecule has 0 aliphatic carbocycles. The molecule has 3 N–H and O–H groups in total. The lowest BCUT2D eigenvalue weighted by atomic mass is 9.79. The molecule has 0 aliphatic heterocycles. The zero-order valence-corrected chi connectivity index (χ0v) is 13.7. The molecule has 0 saturated heterocycles. The van der Waals surface area contributed by atoms with Gasteiger partial charge in [0.05, 0.1) is 0 Å². The molecule has 0 spiro atoms. The van der Waals surface area contributed by atoms with Gasteiger partial charge >= 0.3 is 18.4 Å². The van der Waals surface area contributed by atoms with Crippen LogP contribution in [0.5, 0.6) is 0 Å². The van der Waals surface area contributed by atoms with Gasteiger partial charge in [0.15, 0.2) is 5.41 Å². The lowest BCUT2D eigenvalue weighted by Crippen LogP contribution is -2.58. The molecular weight excluding hydrogens is 354 g/mol. The summed E-state index contributed by atoms with van der Waals surface area (Å²) in [6.45, 7) is 3.09. The molecule has 0 aliphatic rings. The molecule has 1 aromatic carbocycles. The monoisotopic (exact) mass is 372 g/mol. The molecule has 1 amide bonds. The van der Waals surface area contributed by atoms with Gasteiger partial charge < -0.3 is 10.5 Å². The first-order valence-electron chi connectivity index (χ1n) is 7.08. The second kappa shape index (κ2) is 6.74. The average Bonchev–Trinajstić information content (AvgIpc) is 2.36. The van der Waals surface area contributed by atoms with Crippen molar-refractivity contribution in [3.05, 3.63) is 29.8 Å². The Balaban J connectivity index is 3.17. The topological polar surface area (TPSA) is 64.3 Å². The summed E-state index contributed by atoms with van der Waals surface area (Å²) in [5.41, 5.74) is -1.22. The predicted molar refractivity (Wildman–Crippen MR) is 79.1 cm³/mol. The number of halogens is 6. The molecule has 0 radical (unpaired) electrons. The zero-order valence-electron chi connectivity index (χ0n) is 13.7. The number of carbonyl (C=O) groups excluding carboxylic acids is 1. The van der Waals surface area contributed by atoms with Crippen molar-refractivity contribution >= 4 is 11.8 Å². The number of rotatable bonds is 3. The number of alkyl halides is 6. The molecule has 25 heavy (non-hydrogen) atoms. The first-order valence-corrected chi connectivity index (χ1v) is 7.08. The van der Waals surface area contributed by atoms with Crippen molar-refractivity contribution in [3.63, 3.8) is 0 Å². The molecule has 0 fully saturated rings. The van der Waals surface area contributed by atoms with E-state index in [0.717, 1.165) is 12.1 Å². The van der Waals surface area contributed by atoms with Crippen molar-refractivity contribution in [1.82, 2.24) is 0 Å². The Labute approximate surface area is 140 Å². The van der Waals surface area contributed by atoms with Crippen molar-refractivity contribution in [2.45, 2.75) is 44.1 Å². The molecule has 0 aromatic heterocycles. The minimum atomic E-state index is -5.64. The Bertz CT molecular complexity index is 588. The fourth-order valence-corrected chi connectivity index (χ4v) is 2.10. The van der Waals surface area contributed by atoms with Crippen LogP contribution in [0, 0.1) is 0 Å². The van der Waals surface area contributed by atoms with Crippen LogP contribution in [-0.4, -0.2) is 30.6 Å². The van der Waals surface area contributed by atoms with Gasteiger partial charge in [-0.25, -0.2) is 4.79 Å².